The minimum atomic E-state index is 0.127. The van der Waals surface area contributed by atoms with Gasteiger partial charge < -0.3 is 14.7 Å². The quantitative estimate of drug-likeness (QED) is 0.728. The highest BCUT2D eigenvalue weighted by Gasteiger charge is 2.30. The van der Waals surface area contributed by atoms with Crippen molar-refractivity contribution in [3.05, 3.63) is 0 Å². The molecule has 108 valence electrons. The third-order valence-corrected chi connectivity index (χ3v) is 4.42. The monoisotopic (exact) mass is 267 g/mol. The molecular formula is C14H25N3O2. The lowest BCUT2D eigenvalue weighted by Gasteiger charge is -2.38. The Bertz CT molecular complexity index is 330. The Balaban J connectivity index is 1.80. The van der Waals surface area contributed by atoms with Gasteiger partial charge in [-0.3, -0.25) is 9.59 Å². The van der Waals surface area contributed by atoms with Crippen LogP contribution in [0.2, 0.25) is 0 Å². The summed E-state index contributed by atoms with van der Waals surface area (Å²) in [6, 6.07) is 0. The molecule has 0 aliphatic carbocycles. The zero-order valence-electron chi connectivity index (χ0n) is 12.1. The molecule has 0 radical (unpaired) electrons. The first kappa shape index (κ1) is 14.3. The van der Waals surface area contributed by atoms with Crippen molar-refractivity contribution in [1.29, 1.82) is 0 Å². The van der Waals surface area contributed by atoms with Crippen molar-refractivity contribution in [2.24, 2.45) is 5.92 Å². The number of likely N-dealkylation sites (tertiary alicyclic amines) is 1. The van der Waals surface area contributed by atoms with Gasteiger partial charge >= 0.3 is 0 Å². The van der Waals surface area contributed by atoms with Gasteiger partial charge in [0.15, 0.2) is 0 Å². The molecule has 5 heteroatoms. The van der Waals surface area contributed by atoms with Crippen LogP contribution < -0.4 is 0 Å². The predicted octanol–water partition coefficient (Wildman–Crippen LogP) is 0.409. The Morgan fingerprint density at radius 1 is 0.947 bits per heavy atom. The van der Waals surface area contributed by atoms with Crippen molar-refractivity contribution in [2.45, 2.75) is 26.7 Å². The zero-order valence-corrected chi connectivity index (χ0v) is 12.1. The number of piperidine rings is 1. The normalized spacial score (nSPS) is 22.6. The molecule has 5 nitrogen and oxygen atoms in total. The Morgan fingerprint density at radius 3 is 2.00 bits per heavy atom. The topological polar surface area (TPSA) is 43.9 Å². The second-order valence-electron chi connectivity index (χ2n) is 5.54. The van der Waals surface area contributed by atoms with E-state index < -0.39 is 0 Å². The standard InChI is InChI=1S/C14H25N3O2/c1-3-15-8-10-17(11-9-15)14(19)13-4-6-16(7-5-13)12(2)18/h13H,3-11H2,1-2H3. The summed E-state index contributed by atoms with van der Waals surface area (Å²) in [5, 5.41) is 0. The Hall–Kier alpha value is -1.10. The van der Waals surface area contributed by atoms with E-state index in [2.05, 4.69) is 11.8 Å². The minimum Gasteiger partial charge on any atom is -0.343 e. The van der Waals surface area contributed by atoms with E-state index in [0.717, 1.165) is 58.7 Å². The summed E-state index contributed by atoms with van der Waals surface area (Å²) in [5.74, 6) is 0.560. The molecule has 0 aromatic heterocycles. The molecule has 2 heterocycles. The van der Waals surface area contributed by atoms with Crippen LogP contribution in [0.5, 0.6) is 0 Å². The lowest BCUT2D eigenvalue weighted by molar-refractivity contribution is -0.141. The molecule has 0 spiro atoms. The van der Waals surface area contributed by atoms with E-state index in [1.54, 1.807) is 6.92 Å². The van der Waals surface area contributed by atoms with E-state index in [1.807, 2.05) is 9.80 Å². The highest BCUT2D eigenvalue weighted by atomic mass is 16.2. The van der Waals surface area contributed by atoms with Crippen molar-refractivity contribution in [2.75, 3.05) is 45.8 Å². The fraction of sp³-hybridized carbons (Fsp3) is 0.857. The van der Waals surface area contributed by atoms with E-state index in [9.17, 15) is 9.59 Å². The van der Waals surface area contributed by atoms with Crippen molar-refractivity contribution in [3.8, 4) is 0 Å². The molecular weight excluding hydrogens is 242 g/mol. The highest BCUT2D eigenvalue weighted by Crippen LogP contribution is 2.20. The lowest BCUT2D eigenvalue weighted by Crippen LogP contribution is -2.51. The summed E-state index contributed by atoms with van der Waals surface area (Å²) >= 11 is 0. The molecule has 0 atom stereocenters. The number of piperazine rings is 1. The molecule has 2 amide bonds. The van der Waals surface area contributed by atoms with Crippen LogP contribution in [0.1, 0.15) is 26.7 Å². The zero-order chi connectivity index (χ0) is 13.8. The fourth-order valence-corrected chi connectivity index (χ4v) is 2.98. The molecule has 0 aromatic carbocycles. The Kier molecular flexibility index (Phi) is 4.80. The van der Waals surface area contributed by atoms with Gasteiger partial charge in [-0.1, -0.05) is 6.92 Å². The van der Waals surface area contributed by atoms with Crippen LogP contribution in [0.25, 0.3) is 0 Å². The third kappa shape index (κ3) is 3.47. The Labute approximate surface area is 115 Å². The van der Waals surface area contributed by atoms with Crippen LogP contribution in [0.15, 0.2) is 0 Å². The maximum Gasteiger partial charge on any atom is 0.225 e. The van der Waals surface area contributed by atoms with Crippen molar-refractivity contribution in [1.82, 2.24) is 14.7 Å². The third-order valence-electron chi connectivity index (χ3n) is 4.42. The molecule has 0 aromatic rings. The number of amides is 2. The first-order chi connectivity index (χ1) is 9.11. The number of hydrogen-bond acceptors (Lipinski definition) is 3. The number of rotatable bonds is 2. The van der Waals surface area contributed by atoms with E-state index >= 15 is 0 Å². The van der Waals surface area contributed by atoms with Crippen molar-refractivity contribution < 1.29 is 9.59 Å². The van der Waals surface area contributed by atoms with Gasteiger partial charge in [0, 0.05) is 52.1 Å². The minimum absolute atomic E-state index is 0.127. The smallest absolute Gasteiger partial charge is 0.225 e. The van der Waals surface area contributed by atoms with Gasteiger partial charge in [0.1, 0.15) is 0 Å². The van der Waals surface area contributed by atoms with Crippen LogP contribution >= 0.6 is 0 Å². The van der Waals surface area contributed by atoms with E-state index in [1.165, 1.54) is 0 Å². The molecule has 2 aliphatic rings. The van der Waals surface area contributed by atoms with Crippen LogP contribution in [0, 0.1) is 5.92 Å². The average molecular weight is 267 g/mol. The first-order valence-corrected chi connectivity index (χ1v) is 7.38. The first-order valence-electron chi connectivity index (χ1n) is 7.38. The summed E-state index contributed by atoms with van der Waals surface area (Å²) in [5.41, 5.74) is 0. The molecule has 0 saturated carbocycles. The number of carbonyl (C=O) groups is 2. The molecule has 0 unspecified atom stereocenters. The van der Waals surface area contributed by atoms with Crippen LogP contribution in [-0.2, 0) is 9.59 Å². The van der Waals surface area contributed by atoms with Crippen LogP contribution in [0.3, 0.4) is 0 Å². The lowest BCUT2D eigenvalue weighted by atomic mass is 9.95. The highest BCUT2D eigenvalue weighted by molar-refractivity contribution is 5.79. The molecule has 19 heavy (non-hydrogen) atoms. The molecule has 2 fully saturated rings. The van der Waals surface area contributed by atoms with Crippen molar-refractivity contribution in [3.63, 3.8) is 0 Å². The van der Waals surface area contributed by atoms with Crippen LogP contribution in [0.4, 0.5) is 0 Å². The largest absolute Gasteiger partial charge is 0.343 e. The van der Waals surface area contributed by atoms with Gasteiger partial charge in [0.25, 0.3) is 0 Å². The molecule has 2 saturated heterocycles. The van der Waals surface area contributed by atoms with Gasteiger partial charge in [-0.15, -0.1) is 0 Å². The van der Waals surface area contributed by atoms with Gasteiger partial charge in [-0.25, -0.2) is 0 Å². The maximum atomic E-state index is 12.4. The number of carbonyl (C=O) groups excluding carboxylic acids is 2. The Morgan fingerprint density at radius 2 is 1.53 bits per heavy atom. The fourth-order valence-electron chi connectivity index (χ4n) is 2.98. The summed E-state index contributed by atoms with van der Waals surface area (Å²) in [6.07, 6.45) is 1.65. The second-order valence-corrected chi connectivity index (χ2v) is 5.54. The van der Waals surface area contributed by atoms with Gasteiger partial charge in [0.05, 0.1) is 0 Å². The number of nitrogens with zero attached hydrogens (tertiary/aromatic N) is 3. The van der Waals surface area contributed by atoms with E-state index in [4.69, 9.17) is 0 Å². The van der Waals surface area contributed by atoms with E-state index in [-0.39, 0.29) is 11.8 Å². The van der Waals surface area contributed by atoms with Gasteiger partial charge in [0.2, 0.25) is 11.8 Å². The van der Waals surface area contributed by atoms with Crippen LogP contribution in [-0.4, -0.2) is 72.3 Å². The number of likely N-dealkylation sites (N-methyl/N-ethyl adjacent to an activating group) is 1. The summed E-state index contributed by atoms with van der Waals surface area (Å²) in [7, 11) is 0. The van der Waals surface area contributed by atoms with Gasteiger partial charge in [-0.05, 0) is 19.4 Å². The molecule has 2 rings (SSSR count). The second kappa shape index (κ2) is 6.37. The average Bonchev–Trinajstić information content (AvgIpc) is 2.46. The summed E-state index contributed by atoms with van der Waals surface area (Å²) in [6.45, 7) is 10.0. The molecule has 2 aliphatic heterocycles. The van der Waals surface area contributed by atoms with Crippen molar-refractivity contribution >= 4 is 11.8 Å². The number of hydrogen-bond donors (Lipinski definition) is 0. The predicted molar refractivity (Wildman–Crippen MR) is 73.7 cm³/mol. The molecule has 0 bridgehead atoms. The summed E-state index contributed by atoms with van der Waals surface area (Å²) in [4.78, 5) is 29.9. The van der Waals surface area contributed by atoms with Gasteiger partial charge in [-0.2, -0.15) is 0 Å². The summed E-state index contributed by atoms with van der Waals surface area (Å²) < 4.78 is 0. The van der Waals surface area contributed by atoms with E-state index in [0.29, 0.717) is 5.91 Å². The maximum absolute atomic E-state index is 12.4. The molecule has 0 N–H and O–H groups in total. The SMILES string of the molecule is CCN1CCN(C(=O)C2CCN(C(C)=O)CC2)CC1.